The minimum Gasteiger partial charge on any atom is -0.468 e. The number of hydrogen-bond donors (Lipinski definition) is 0. The number of methoxy groups -OCH3 is 1. The molecule has 2 nitrogen and oxygen atoms in total. The summed E-state index contributed by atoms with van der Waals surface area (Å²) < 4.78 is 5.76. The highest BCUT2D eigenvalue weighted by Crippen LogP contribution is 2.25. The molecule has 1 aromatic rings. The highest BCUT2D eigenvalue weighted by atomic mass is 79.9. The van der Waals surface area contributed by atoms with Crippen LogP contribution in [0.3, 0.4) is 0 Å². The van der Waals surface area contributed by atoms with Crippen LogP contribution in [0.2, 0.25) is 0 Å². The maximum absolute atomic E-state index is 11.1. The van der Waals surface area contributed by atoms with Gasteiger partial charge in [0.15, 0.2) is 0 Å². The predicted octanol–water partition coefficient (Wildman–Crippen LogP) is 3.31. The molecule has 0 saturated carbocycles. The molecular formula is C9H11BrO2S2. The van der Waals surface area contributed by atoms with E-state index in [0.717, 1.165) is 9.54 Å². The van der Waals surface area contributed by atoms with Crippen LogP contribution < -0.4 is 0 Å². The van der Waals surface area contributed by atoms with Gasteiger partial charge in [-0.2, -0.15) is 0 Å². The second-order valence-corrected chi connectivity index (χ2v) is 6.36. The maximum Gasteiger partial charge on any atom is 0.318 e. The molecule has 0 saturated heterocycles. The normalized spacial score (nSPS) is 12.5. The quantitative estimate of drug-likeness (QED) is 0.797. The molecule has 78 valence electrons. The largest absolute Gasteiger partial charge is 0.468 e. The van der Waals surface area contributed by atoms with Crippen LogP contribution in [-0.4, -0.2) is 18.3 Å². The van der Waals surface area contributed by atoms with Crippen LogP contribution in [-0.2, 0) is 15.3 Å². The zero-order valence-corrected chi connectivity index (χ0v) is 11.2. The number of thioether (sulfide) groups is 1. The number of carbonyl (C=O) groups is 1. The summed E-state index contributed by atoms with van der Waals surface area (Å²) in [5.74, 6) is 0.683. The van der Waals surface area contributed by atoms with Crippen molar-refractivity contribution >= 4 is 45.0 Å². The Bertz CT molecular complexity index is 312. The lowest BCUT2D eigenvalue weighted by molar-refractivity contribution is -0.139. The van der Waals surface area contributed by atoms with Crippen LogP contribution in [0.4, 0.5) is 0 Å². The third kappa shape index (κ3) is 3.63. The monoisotopic (exact) mass is 294 g/mol. The molecule has 1 aromatic heterocycles. The zero-order chi connectivity index (χ0) is 10.6. The fourth-order valence-corrected chi connectivity index (χ4v) is 3.03. The molecule has 1 unspecified atom stereocenters. The Kier molecular flexibility index (Phi) is 4.98. The van der Waals surface area contributed by atoms with Gasteiger partial charge in [0.2, 0.25) is 0 Å². The Morgan fingerprint density at radius 3 is 3.00 bits per heavy atom. The first-order valence-corrected chi connectivity index (χ1v) is 6.78. The Labute approximate surface area is 100 Å². The Morgan fingerprint density at radius 2 is 2.50 bits per heavy atom. The maximum atomic E-state index is 11.1. The molecule has 0 N–H and O–H groups in total. The van der Waals surface area contributed by atoms with Gasteiger partial charge in [-0.25, -0.2) is 0 Å². The predicted molar refractivity (Wildman–Crippen MR) is 64.8 cm³/mol. The second kappa shape index (κ2) is 5.78. The minimum absolute atomic E-state index is 0.0984. The topological polar surface area (TPSA) is 26.3 Å². The van der Waals surface area contributed by atoms with Crippen LogP contribution in [0.5, 0.6) is 0 Å². The molecule has 0 radical (unpaired) electrons. The third-order valence-corrected chi connectivity index (χ3v) is 4.40. The van der Waals surface area contributed by atoms with Crippen LogP contribution in [0.15, 0.2) is 15.2 Å². The van der Waals surface area contributed by atoms with Crippen molar-refractivity contribution in [3.8, 4) is 0 Å². The zero-order valence-electron chi connectivity index (χ0n) is 7.95. The number of esters is 1. The molecule has 0 aliphatic heterocycles. The van der Waals surface area contributed by atoms with Crippen molar-refractivity contribution in [2.24, 2.45) is 0 Å². The summed E-state index contributed by atoms with van der Waals surface area (Å²) in [4.78, 5) is 11.1. The summed E-state index contributed by atoms with van der Waals surface area (Å²) in [5.41, 5.74) is 1.24. The van der Waals surface area contributed by atoms with E-state index in [1.807, 2.05) is 6.92 Å². The summed E-state index contributed by atoms with van der Waals surface area (Å²) in [7, 11) is 1.42. The fraction of sp³-hybridized carbons (Fsp3) is 0.444. The standard InChI is InChI=1S/C9H11BrO2S2/c1-6(9(11)12-2)13-4-7-3-8(10)14-5-7/h3,5-6H,4H2,1-2H3. The Hall–Kier alpha value is -0.000000000000000111. The first-order valence-electron chi connectivity index (χ1n) is 4.06. The van der Waals surface area contributed by atoms with Gasteiger partial charge in [0.25, 0.3) is 0 Å². The molecular weight excluding hydrogens is 284 g/mol. The van der Waals surface area contributed by atoms with Crippen molar-refractivity contribution < 1.29 is 9.53 Å². The first-order chi connectivity index (χ1) is 6.63. The van der Waals surface area contributed by atoms with Gasteiger partial charge < -0.3 is 4.74 Å². The number of halogens is 1. The van der Waals surface area contributed by atoms with Crippen LogP contribution >= 0.6 is 39.0 Å². The van der Waals surface area contributed by atoms with Gasteiger partial charge in [0, 0.05) is 5.75 Å². The van der Waals surface area contributed by atoms with Crippen LogP contribution in [0.1, 0.15) is 12.5 Å². The van der Waals surface area contributed by atoms with E-state index < -0.39 is 0 Å². The highest BCUT2D eigenvalue weighted by Gasteiger charge is 2.13. The average molecular weight is 295 g/mol. The van der Waals surface area contributed by atoms with E-state index in [-0.39, 0.29) is 11.2 Å². The van der Waals surface area contributed by atoms with E-state index in [1.54, 1.807) is 23.1 Å². The lowest BCUT2D eigenvalue weighted by Gasteiger charge is -2.07. The Balaban J connectivity index is 2.37. The molecule has 0 bridgehead atoms. The van der Waals surface area contributed by atoms with Gasteiger partial charge in [-0.3, -0.25) is 4.79 Å². The van der Waals surface area contributed by atoms with Crippen molar-refractivity contribution in [2.45, 2.75) is 17.9 Å². The molecule has 1 heterocycles. The van der Waals surface area contributed by atoms with E-state index >= 15 is 0 Å². The van der Waals surface area contributed by atoms with E-state index in [4.69, 9.17) is 0 Å². The number of hydrogen-bond acceptors (Lipinski definition) is 4. The third-order valence-electron chi connectivity index (χ3n) is 1.65. The molecule has 0 spiro atoms. The number of carbonyl (C=O) groups excluding carboxylic acids is 1. The number of thiophene rings is 1. The molecule has 5 heteroatoms. The van der Waals surface area contributed by atoms with Gasteiger partial charge in [-0.05, 0) is 39.9 Å². The molecule has 14 heavy (non-hydrogen) atoms. The SMILES string of the molecule is COC(=O)C(C)SCc1csc(Br)c1. The lowest BCUT2D eigenvalue weighted by atomic mass is 10.4. The second-order valence-electron chi connectivity index (χ2n) is 2.74. The summed E-state index contributed by atoms with van der Waals surface area (Å²) in [6, 6.07) is 2.07. The van der Waals surface area contributed by atoms with Crippen LogP contribution in [0, 0.1) is 0 Å². The molecule has 0 aromatic carbocycles. The van der Waals surface area contributed by atoms with Gasteiger partial charge >= 0.3 is 5.97 Å². The number of ether oxygens (including phenoxy) is 1. The minimum atomic E-state index is -0.163. The van der Waals surface area contributed by atoms with E-state index in [1.165, 1.54) is 12.7 Å². The summed E-state index contributed by atoms with van der Waals surface area (Å²) in [5, 5.41) is 1.99. The highest BCUT2D eigenvalue weighted by molar-refractivity contribution is 9.11. The molecule has 0 amide bonds. The summed E-state index contributed by atoms with van der Waals surface area (Å²) in [6.45, 7) is 1.86. The van der Waals surface area contributed by atoms with Gasteiger partial charge in [-0.1, -0.05) is 0 Å². The van der Waals surface area contributed by atoms with Crippen molar-refractivity contribution in [3.05, 3.63) is 20.8 Å². The smallest absolute Gasteiger partial charge is 0.318 e. The molecule has 0 fully saturated rings. The van der Waals surface area contributed by atoms with E-state index in [9.17, 15) is 4.79 Å². The fourth-order valence-electron chi connectivity index (χ4n) is 0.877. The summed E-state index contributed by atoms with van der Waals surface area (Å²) >= 11 is 6.64. The number of rotatable bonds is 4. The molecule has 1 rings (SSSR count). The van der Waals surface area contributed by atoms with Crippen molar-refractivity contribution in [1.29, 1.82) is 0 Å². The average Bonchev–Trinajstić information content (AvgIpc) is 2.59. The summed E-state index contributed by atoms with van der Waals surface area (Å²) in [6.07, 6.45) is 0. The molecule has 0 aliphatic carbocycles. The van der Waals surface area contributed by atoms with Gasteiger partial charge in [0.05, 0.1) is 16.1 Å². The van der Waals surface area contributed by atoms with Crippen LogP contribution in [0.25, 0.3) is 0 Å². The van der Waals surface area contributed by atoms with E-state index in [2.05, 4.69) is 32.1 Å². The van der Waals surface area contributed by atoms with Crippen molar-refractivity contribution in [3.63, 3.8) is 0 Å². The molecule has 1 atom stereocenters. The first kappa shape index (κ1) is 12.1. The van der Waals surface area contributed by atoms with Crippen molar-refractivity contribution in [1.82, 2.24) is 0 Å². The lowest BCUT2D eigenvalue weighted by Crippen LogP contribution is -2.14. The van der Waals surface area contributed by atoms with Gasteiger partial charge in [0.1, 0.15) is 0 Å². The van der Waals surface area contributed by atoms with E-state index in [0.29, 0.717) is 0 Å². The van der Waals surface area contributed by atoms with Crippen molar-refractivity contribution in [2.75, 3.05) is 7.11 Å². The Morgan fingerprint density at radius 1 is 1.79 bits per heavy atom. The molecule has 0 aliphatic rings. The van der Waals surface area contributed by atoms with Gasteiger partial charge in [-0.15, -0.1) is 23.1 Å².